The molecule has 2 N–H and O–H groups in total. The summed E-state index contributed by atoms with van der Waals surface area (Å²) in [5.74, 6) is 0. The molecule has 37 heavy (non-hydrogen) atoms. The molecule has 0 fully saturated rings. The molecule has 0 aliphatic carbocycles. The van der Waals surface area contributed by atoms with Crippen molar-refractivity contribution >= 4 is 16.8 Å². The van der Waals surface area contributed by atoms with Gasteiger partial charge in [0, 0.05) is 6.20 Å². The minimum Gasteiger partial charge on any atom is -0.332 e. The minimum atomic E-state index is -4.80. The van der Waals surface area contributed by atoms with Crippen LogP contribution in [0.5, 0.6) is 0 Å². The Hall–Kier alpha value is -4.08. The number of rotatable bonds is 5. The Kier molecular flexibility index (Phi) is 7.11. The van der Waals surface area contributed by atoms with Crippen molar-refractivity contribution in [2.75, 3.05) is 0 Å². The third kappa shape index (κ3) is 5.84. The fourth-order valence-electron chi connectivity index (χ4n) is 4.14. The lowest BCUT2D eigenvalue weighted by atomic mass is 9.97. The fraction of sp³-hybridized carbons (Fsp3) is 0.185. The number of hydrogen-bond donors (Lipinski definition) is 2. The lowest BCUT2D eigenvalue weighted by Gasteiger charge is -2.24. The molecule has 0 saturated carbocycles. The van der Waals surface area contributed by atoms with Crippen molar-refractivity contribution in [1.29, 1.82) is 0 Å². The van der Waals surface area contributed by atoms with Gasteiger partial charge in [0.2, 0.25) is 0 Å². The lowest BCUT2D eigenvalue weighted by Crippen LogP contribution is -2.40. The molecule has 4 rings (SSSR count). The number of nitrogens with zero attached hydrogens (tertiary/aromatic N) is 1. The molecule has 1 aromatic heterocycles. The largest absolute Gasteiger partial charge is 0.418 e. The first-order valence-electron chi connectivity index (χ1n) is 11.2. The summed E-state index contributed by atoms with van der Waals surface area (Å²) in [7, 11) is 0. The molecule has 0 aliphatic heterocycles. The Balaban J connectivity index is 1.67. The summed E-state index contributed by atoms with van der Waals surface area (Å²) in [6.45, 7) is 1.72. The van der Waals surface area contributed by atoms with Gasteiger partial charge in [-0.2, -0.15) is 26.3 Å². The number of amides is 2. The van der Waals surface area contributed by atoms with E-state index in [1.165, 1.54) is 0 Å². The molecule has 192 valence electrons. The molecular weight excluding hydrogens is 496 g/mol. The molecule has 10 heteroatoms. The van der Waals surface area contributed by atoms with E-state index in [1.807, 2.05) is 42.5 Å². The van der Waals surface area contributed by atoms with Crippen LogP contribution in [0.15, 0.2) is 85.1 Å². The molecule has 0 aliphatic rings. The molecule has 1 heterocycles. The molecule has 0 saturated heterocycles. The first-order valence-corrected chi connectivity index (χ1v) is 11.2. The molecule has 4 nitrogen and oxygen atoms in total. The van der Waals surface area contributed by atoms with Crippen molar-refractivity contribution < 1.29 is 31.1 Å². The van der Waals surface area contributed by atoms with Crippen molar-refractivity contribution in [2.45, 2.75) is 31.4 Å². The summed E-state index contributed by atoms with van der Waals surface area (Å²) in [6, 6.07) is 15.7. The number of pyridine rings is 1. The Morgan fingerprint density at radius 3 is 2.14 bits per heavy atom. The maximum Gasteiger partial charge on any atom is 0.418 e. The predicted octanol–water partition coefficient (Wildman–Crippen LogP) is 7.42. The first-order chi connectivity index (χ1) is 17.4. The van der Waals surface area contributed by atoms with Gasteiger partial charge in [0.05, 0.1) is 28.9 Å². The molecule has 3 aromatic carbocycles. The summed E-state index contributed by atoms with van der Waals surface area (Å²) >= 11 is 0. The van der Waals surface area contributed by atoms with Crippen LogP contribution in [0.4, 0.5) is 31.1 Å². The van der Waals surface area contributed by atoms with Crippen LogP contribution in [0.2, 0.25) is 0 Å². The van der Waals surface area contributed by atoms with Crippen molar-refractivity contribution in [3.8, 4) is 0 Å². The normalized spacial score (nSPS) is 13.7. The van der Waals surface area contributed by atoms with E-state index >= 15 is 0 Å². The van der Waals surface area contributed by atoms with E-state index in [1.54, 1.807) is 6.92 Å². The standard InChI is InChI=1S/C27H21F6N3O/c1-16(20-9-4-7-17-6-2-3-8-21(17)20)35-25(37)36-23(18-11-13-19(14-12-18)26(28,29)30)24-22(27(31,32)33)10-5-15-34-24/h2-16,23H,1H3,(H2,35,36,37). The molecule has 2 unspecified atom stereocenters. The van der Waals surface area contributed by atoms with Gasteiger partial charge in [0.15, 0.2) is 0 Å². The number of aromatic nitrogens is 1. The molecule has 2 amide bonds. The lowest BCUT2D eigenvalue weighted by molar-refractivity contribution is -0.139. The zero-order chi connectivity index (χ0) is 26.8. The van der Waals surface area contributed by atoms with Gasteiger partial charge in [-0.15, -0.1) is 0 Å². The SMILES string of the molecule is CC(NC(=O)NC(c1ccc(C(F)(F)F)cc1)c1ncccc1C(F)(F)F)c1cccc2ccccc12. The Morgan fingerprint density at radius 2 is 1.46 bits per heavy atom. The third-order valence-corrected chi connectivity index (χ3v) is 5.90. The average molecular weight is 517 g/mol. The number of nitrogens with one attached hydrogen (secondary N) is 2. The number of urea groups is 1. The highest BCUT2D eigenvalue weighted by Gasteiger charge is 2.37. The number of carbonyl (C=O) groups is 1. The number of halogens is 6. The summed E-state index contributed by atoms with van der Waals surface area (Å²) in [5, 5.41) is 7.02. The van der Waals surface area contributed by atoms with Crippen molar-refractivity contribution in [2.24, 2.45) is 0 Å². The molecular formula is C27H21F6N3O. The zero-order valence-electron chi connectivity index (χ0n) is 19.4. The number of carbonyl (C=O) groups excluding carboxylic acids is 1. The van der Waals surface area contributed by atoms with E-state index in [9.17, 15) is 31.1 Å². The molecule has 0 bridgehead atoms. The summed E-state index contributed by atoms with van der Waals surface area (Å²) < 4.78 is 80.4. The van der Waals surface area contributed by atoms with Gasteiger partial charge in [0.1, 0.15) is 0 Å². The van der Waals surface area contributed by atoms with Crippen molar-refractivity contribution in [3.63, 3.8) is 0 Å². The third-order valence-electron chi connectivity index (χ3n) is 5.90. The number of fused-ring (bicyclic) bond motifs is 1. The smallest absolute Gasteiger partial charge is 0.332 e. The van der Waals surface area contributed by atoms with Gasteiger partial charge >= 0.3 is 18.4 Å². The van der Waals surface area contributed by atoms with Crippen LogP contribution < -0.4 is 10.6 Å². The first kappa shape index (κ1) is 26.0. The quantitative estimate of drug-likeness (QED) is 0.271. The maximum absolute atomic E-state index is 13.7. The molecule has 2 atom stereocenters. The Labute approximate surface area is 208 Å². The van der Waals surface area contributed by atoms with Crippen LogP contribution >= 0.6 is 0 Å². The highest BCUT2D eigenvalue weighted by atomic mass is 19.4. The van der Waals surface area contributed by atoms with E-state index in [4.69, 9.17) is 0 Å². The van der Waals surface area contributed by atoms with Gasteiger partial charge in [-0.1, -0.05) is 54.6 Å². The van der Waals surface area contributed by atoms with E-state index < -0.39 is 47.3 Å². The second-order valence-corrected chi connectivity index (χ2v) is 8.39. The van der Waals surface area contributed by atoms with E-state index in [0.29, 0.717) is 0 Å². The summed E-state index contributed by atoms with van der Waals surface area (Å²) in [6.07, 6.45) is -8.31. The van der Waals surface area contributed by atoms with Crippen LogP contribution in [0.1, 0.15) is 47.0 Å². The zero-order valence-corrected chi connectivity index (χ0v) is 19.4. The minimum absolute atomic E-state index is 0.00478. The summed E-state index contributed by atoms with van der Waals surface area (Å²) in [4.78, 5) is 16.8. The Bertz CT molecular complexity index is 1390. The highest BCUT2D eigenvalue weighted by Crippen LogP contribution is 2.36. The van der Waals surface area contributed by atoms with Gasteiger partial charge in [-0.3, -0.25) is 4.98 Å². The number of hydrogen-bond acceptors (Lipinski definition) is 2. The van der Waals surface area contributed by atoms with E-state index in [2.05, 4.69) is 15.6 Å². The van der Waals surface area contributed by atoms with E-state index in [0.717, 1.165) is 58.9 Å². The van der Waals surface area contributed by atoms with Crippen LogP contribution in [-0.4, -0.2) is 11.0 Å². The van der Waals surface area contributed by atoms with Crippen LogP contribution in [-0.2, 0) is 12.4 Å². The maximum atomic E-state index is 13.7. The van der Waals surface area contributed by atoms with Crippen LogP contribution in [0.3, 0.4) is 0 Å². The van der Waals surface area contributed by atoms with Crippen molar-refractivity contribution in [3.05, 3.63) is 113 Å². The van der Waals surface area contributed by atoms with Gasteiger partial charge in [-0.05, 0) is 53.1 Å². The molecule has 0 radical (unpaired) electrons. The monoisotopic (exact) mass is 517 g/mol. The second-order valence-electron chi connectivity index (χ2n) is 8.39. The average Bonchev–Trinajstić information content (AvgIpc) is 2.86. The van der Waals surface area contributed by atoms with E-state index in [-0.39, 0.29) is 5.56 Å². The second kappa shape index (κ2) is 10.1. The Morgan fingerprint density at radius 1 is 0.784 bits per heavy atom. The predicted molar refractivity (Wildman–Crippen MR) is 127 cm³/mol. The van der Waals surface area contributed by atoms with Gasteiger partial charge in [-0.25, -0.2) is 4.79 Å². The number of alkyl halides is 6. The van der Waals surface area contributed by atoms with Crippen LogP contribution in [0, 0.1) is 0 Å². The number of benzene rings is 3. The fourth-order valence-corrected chi connectivity index (χ4v) is 4.14. The summed E-state index contributed by atoms with van der Waals surface area (Å²) in [5.41, 5.74) is -1.83. The molecule has 0 spiro atoms. The van der Waals surface area contributed by atoms with Gasteiger partial charge in [0.25, 0.3) is 0 Å². The van der Waals surface area contributed by atoms with Crippen LogP contribution in [0.25, 0.3) is 10.8 Å². The van der Waals surface area contributed by atoms with Gasteiger partial charge < -0.3 is 10.6 Å². The topological polar surface area (TPSA) is 54.0 Å². The molecule has 4 aromatic rings. The highest BCUT2D eigenvalue weighted by molar-refractivity contribution is 5.86. The van der Waals surface area contributed by atoms with Crippen molar-refractivity contribution in [1.82, 2.24) is 15.6 Å².